The van der Waals surface area contributed by atoms with Crippen LogP contribution in [0.4, 0.5) is 11.6 Å². The summed E-state index contributed by atoms with van der Waals surface area (Å²) in [5.74, 6) is 1.37. The molecule has 1 heterocycles. The van der Waals surface area contributed by atoms with E-state index in [4.69, 9.17) is 23.2 Å². The summed E-state index contributed by atoms with van der Waals surface area (Å²) in [6.07, 6.45) is 5.97. The van der Waals surface area contributed by atoms with Gasteiger partial charge in [0, 0.05) is 19.1 Å². The van der Waals surface area contributed by atoms with Gasteiger partial charge in [0.2, 0.25) is 0 Å². The van der Waals surface area contributed by atoms with E-state index in [0.717, 1.165) is 25.2 Å². The van der Waals surface area contributed by atoms with Gasteiger partial charge in [-0.15, -0.1) is 0 Å². The zero-order valence-electron chi connectivity index (χ0n) is 12.4. The molecule has 1 aromatic rings. The van der Waals surface area contributed by atoms with Crippen molar-refractivity contribution in [2.24, 2.45) is 0 Å². The van der Waals surface area contributed by atoms with E-state index in [1.807, 2.05) is 6.92 Å². The minimum atomic E-state index is 0.0909. The molecule has 1 aliphatic rings. The molecule has 0 bridgehead atoms. The Morgan fingerprint density at radius 2 is 2.00 bits per heavy atom. The van der Waals surface area contributed by atoms with Gasteiger partial charge in [-0.25, -0.2) is 4.98 Å². The number of anilines is 2. The van der Waals surface area contributed by atoms with Crippen molar-refractivity contribution in [3.63, 3.8) is 0 Å². The van der Waals surface area contributed by atoms with Gasteiger partial charge in [0.1, 0.15) is 11.6 Å². The molecule has 2 rings (SSSR count). The van der Waals surface area contributed by atoms with Crippen LogP contribution in [-0.2, 0) is 0 Å². The van der Waals surface area contributed by atoms with Gasteiger partial charge in [-0.3, -0.25) is 0 Å². The number of hydrogen-bond acceptors (Lipinski definition) is 4. The minimum absolute atomic E-state index is 0.0909. The maximum atomic E-state index is 9.39. The molecular weight excluding hydrogens is 309 g/mol. The summed E-state index contributed by atoms with van der Waals surface area (Å²) in [5, 5.41) is 13.6. The third kappa shape index (κ3) is 4.15. The van der Waals surface area contributed by atoms with Gasteiger partial charge in [0.15, 0.2) is 0 Å². The van der Waals surface area contributed by atoms with Crippen LogP contribution in [0.3, 0.4) is 0 Å². The highest BCUT2D eigenvalue weighted by molar-refractivity contribution is 6.37. The second-order valence-corrected chi connectivity index (χ2v) is 6.18. The zero-order valence-corrected chi connectivity index (χ0v) is 13.9. The third-order valence-corrected chi connectivity index (χ3v) is 4.45. The number of nitrogens with zero attached hydrogens (tertiary/aromatic N) is 2. The molecule has 0 amide bonds. The molecule has 118 valence electrons. The van der Waals surface area contributed by atoms with Crippen LogP contribution < -0.4 is 10.2 Å². The molecule has 0 aromatic carbocycles. The second-order valence-electron chi connectivity index (χ2n) is 5.36. The van der Waals surface area contributed by atoms with Gasteiger partial charge in [-0.1, -0.05) is 42.5 Å². The van der Waals surface area contributed by atoms with Crippen molar-refractivity contribution in [2.75, 3.05) is 29.9 Å². The van der Waals surface area contributed by atoms with Crippen molar-refractivity contribution in [1.82, 2.24) is 4.98 Å². The fraction of sp³-hybridized carbons (Fsp3) is 0.667. The summed E-state index contributed by atoms with van der Waals surface area (Å²) in [6, 6.07) is 2.13. The molecule has 0 saturated heterocycles. The van der Waals surface area contributed by atoms with E-state index in [-0.39, 0.29) is 6.61 Å². The van der Waals surface area contributed by atoms with Crippen molar-refractivity contribution in [3.8, 4) is 0 Å². The monoisotopic (exact) mass is 331 g/mol. The lowest BCUT2D eigenvalue weighted by atomic mass is 9.94. The molecule has 1 aliphatic carbocycles. The topological polar surface area (TPSA) is 48.4 Å². The lowest BCUT2D eigenvalue weighted by Gasteiger charge is -2.35. The number of aromatic nitrogens is 1. The molecule has 0 aliphatic heterocycles. The largest absolute Gasteiger partial charge is 0.395 e. The van der Waals surface area contributed by atoms with Crippen molar-refractivity contribution in [1.29, 1.82) is 0 Å². The van der Waals surface area contributed by atoms with E-state index in [1.54, 1.807) is 6.07 Å². The Morgan fingerprint density at radius 1 is 1.29 bits per heavy atom. The zero-order chi connectivity index (χ0) is 15.2. The number of hydrogen-bond donors (Lipinski definition) is 2. The molecule has 0 unspecified atom stereocenters. The normalized spacial score (nSPS) is 16.0. The summed E-state index contributed by atoms with van der Waals surface area (Å²) in [4.78, 5) is 6.73. The predicted octanol–water partition coefficient (Wildman–Crippen LogP) is 3.95. The quantitative estimate of drug-likeness (QED) is 0.828. The van der Waals surface area contributed by atoms with Gasteiger partial charge in [-0.05, 0) is 25.8 Å². The number of halogens is 2. The maximum absolute atomic E-state index is 9.39. The van der Waals surface area contributed by atoms with Crippen molar-refractivity contribution < 1.29 is 5.11 Å². The minimum Gasteiger partial charge on any atom is -0.395 e. The van der Waals surface area contributed by atoms with Gasteiger partial charge in [0.25, 0.3) is 0 Å². The SMILES string of the molecule is CCNc1nc(N(CCO)C2CCCCC2)c(Cl)cc1Cl. The fourth-order valence-corrected chi connectivity index (χ4v) is 3.45. The number of nitrogens with one attached hydrogen (secondary N) is 1. The van der Waals surface area contributed by atoms with Gasteiger partial charge in [-0.2, -0.15) is 0 Å². The van der Waals surface area contributed by atoms with E-state index in [1.165, 1.54) is 19.3 Å². The van der Waals surface area contributed by atoms with Gasteiger partial charge in [0.05, 0.1) is 16.7 Å². The molecule has 0 radical (unpaired) electrons. The van der Waals surface area contributed by atoms with E-state index < -0.39 is 0 Å². The maximum Gasteiger partial charge on any atom is 0.150 e. The first-order valence-electron chi connectivity index (χ1n) is 7.64. The Morgan fingerprint density at radius 3 is 2.62 bits per heavy atom. The van der Waals surface area contributed by atoms with Crippen LogP contribution in [0.25, 0.3) is 0 Å². The predicted molar refractivity (Wildman–Crippen MR) is 89.7 cm³/mol. The first-order chi connectivity index (χ1) is 10.2. The Labute approximate surface area is 136 Å². The van der Waals surface area contributed by atoms with Crippen LogP contribution in [0, 0.1) is 0 Å². The molecule has 0 atom stereocenters. The highest BCUT2D eigenvalue weighted by Crippen LogP contribution is 2.34. The highest BCUT2D eigenvalue weighted by atomic mass is 35.5. The average Bonchev–Trinajstić information content (AvgIpc) is 2.49. The molecule has 4 nitrogen and oxygen atoms in total. The lowest BCUT2D eigenvalue weighted by molar-refractivity contribution is 0.289. The summed E-state index contributed by atoms with van der Waals surface area (Å²) in [7, 11) is 0. The van der Waals surface area contributed by atoms with Crippen molar-refractivity contribution in [2.45, 2.75) is 45.1 Å². The van der Waals surface area contributed by atoms with Crippen LogP contribution in [0.5, 0.6) is 0 Å². The first kappa shape index (κ1) is 16.7. The Balaban J connectivity index is 2.31. The van der Waals surface area contributed by atoms with E-state index >= 15 is 0 Å². The molecular formula is C15H23Cl2N3O. The van der Waals surface area contributed by atoms with Gasteiger partial charge < -0.3 is 15.3 Å². The molecule has 1 saturated carbocycles. The summed E-state index contributed by atoms with van der Waals surface area (Å²) >= 11 is 12.5. The molecule has 1 aromatic heterocycles. The number of pyridine rings is 1. The summed E-state index contributed by atoms with van der Waals surface area (Å²) in [5.41, 5.74) is 0. The number of aliphatic hydroxyl groups excluding tert-OH is 1. The van der Waals surface area contributed by atoms with Crippen LogP contribution in [0.2, 0.25) is 10.0 Å². The molecule has 21 heavy (non-hydrogen) atoms. The van der Waals surface area contributed by atoms with Crippen LogP contribution >= 0.6 is 23.2 Å². The molecule has 2 N–H and O–H groups in total. The Kier molecular flexibility index (Phi) is 6.40. The molecule has 6 heteroatoms. The van der Waals surface area contributed by atoms with E-state index in [2.05, 4.69) is 15.2 Å². The molecule has 1 fully saturated rings. The number of rotatable bonds is 6. The first-order valence-corrected chi connectivity index (χ1v) is 8.40. The van der Waals surface area contributed by atoms with Crippen LogP contribution in [0.1, 0.15) is 39.0 Å². The van der Waals surface area contributed by atoms with Crippen LogP contribution in [0.15, 0.2) is 6.07 Å². The Hall–Kier alpha value is -0.710. The third-order valence-electron chi connectivity index (χ3n) is 3.88. The fourth-order valence-electron chi connectivity index (χ4n) is 2.91. The average molecular weight is 332 g/mol. The van der Waals surface area contributed by atoms with E-state index in [0.29, 0.717) is 28.4 Å². The Bertz CT molecular complexity index is 464. The van der Waals surface area contributed by atoms with E-state index in [9.17, 15) is 5.11 Å². The van der Waals surface area contributed by atoms with Crippen molar-refractivity contribution in [3.05, 3.63) is 16.1 Å². The lowest BCUT2D eigenvalue weighted by Crippen LogP contribution is -2.39. The van der Waals surface area contributed by atoms with Crippen molar-refractivity contribution >= 4 is 34.8 Å². The summed E-state index contributed by atoms with van der Waals surface area (Å²) in [6.45, 7) is 3.38. The van der Waals surface area contributed by atoms with Crippen LogP contribution in [-0.4, -0.2) is 35.8 Å². The standard InChI is InChI=1S/C15H23Cl2N3O/c1-2-18-14-12(16)10-13(17)15(19-14)20(8-9-21)11-6-4-3-5-7-11/h10-11,21H,2-9H2,1H3,(H,18,19). The second kappa shape index (κ2) is 8.06. The molecule has 0 spiro atoms. The summed E-state index contributed by atoms with van der Waals surface area (Å²) < 4.78 is 0. The number of aliphatic hydroxyl groups is 1. The smallest absolute Gasteiger partial charge is 0.150 e. The van der Waals surface area contributed by atoms with Gasteiger partial charge >= 0.3 is 0 Å². The highest BCUT2D eigenvalue weighted by Gasteiger charge is 2.24.